The summed E-state index contributed by atoms with van der Waals surface area (Å²) in [4.78, 5) is 62.9. The van der Waals surface area contributed by atoms with Gasteiger partial charge in [-0.3, -0.25) is 23.5 Å². The summed E-state index contributed by atoms with van der Waals surface area (Å²) in [5, 5.41) is 2.93. The highest BCUT2D eigenvalue weighted by molar-refractivity contribution is 5.90. The number of pyridine rings is 1. The van der Waals surface area contributed by atoms with Gasteiger partial charge < -0.3 is 19.7 Å². The number of methoxy groups -OCH3 is 1. The molecule has 0 spiro atoms. The Kier molecular flexibility index (Phi) is 8.51. The number of esters is 1. The first-order valence-electron chi connectivity index (χ1n) is 13.3. The maximum Gasteiger partial charge on any atom is 0.407 e. The van der Waals surface area contributed by atoms with Gasteiger partial charge in [-0.15, -0.1) is 5.92 Å². The summed E-state index contributed by atoms with van der Waals surface area (Å²) < 4.78 is 14.3. The molecule has 0 aromatic carbocycles. The van der Waals surface area contributed by atoms with Crippen molar-refractivity contribution in [3.05, 3.63) is 50.4 Å². The van der Waals surface area contributed by atoms with Gasteiger partial charge in [0.2, 0.25) is 5.95 Å². The summed E-state index contributed by atoms with van der Waals surface area (Å²) in [6, 6.07) is 2.90. The molecule has 1 fully saturated rings. The van der Waals surface area contributed by atoms with Crippen molar-refractivity contribution in [2.24, 2.45) is 7.05 Å². The third-order valence-electron chi connectivity index (χ3n) is 6.65. The number of rotatable bonds is 6. The predicted molar refractivity (Wildman–Crippen MR) is 152 cm³/mol. The fourth-order valence-electron chi connectivity index (χ4n) is 4.81. The summed E-state index contributed by atoms with van der Waals surface area (Å²) >= 11 is 0. The molecule has 3 aromatic heterocycles. The molecule has 1 N–H and O–H groups in total. The zero-order valence-electron chi connectivity index (χ0n) is 24.2. The quantitative estimate of drug-likeness (QED) is 0.349. The van der Waals surface area contributed by atoms with Gasteiger partial charge in [0.25, 0.3) is 5.56 Å². The van der Waals surface area contributed by atoms with Crippen LogP contribution in [0.1, 0.15) is 56.6 Å². The molecule has 3 aromatic rings. The van der Waals surface area contributed by atoms with Crippen LogP contribution < -0.4 is 21.5 Å². The largest absolute Gasteiger partial charge is 0.465 e. The highest BCUT2D eigenvalue weighted by Crippen LogP contribution is 2.24. The Morgan fingerprint density at radius 3 is 2.66 bits per heavy atom. The van der Waals surface area contributed by atoms with Gasteiger partial charge in [0.1, 0.15) is 5.60 Å². The molecule has 1 aliphatic rings. The van der Waals surface area contributed by atoms with Gasteiger partial charge in [-0.05, 0) is 52.7 Å². The first kappa shape index (κ1) is 29.4. The molecular formula is C28H35N7O6. The second kappa shape index (κ2) is 11.9. The maximum atomic E-state index is 13.9. The summed E-state index contributed by atoms with van der Waals surface area (Å²) in [5.41, 5.74) is -1.02. The number of hydrogen-bond donors (Lipinski definition) is 1. The number of nitrogens with one attached hydrogen (secondary N) is 1. The number of anilines is 1. The third-order valence-corrected chi connectivity index (χ3v) is 6.65. The van der Waals surface area contributed by atoms with Crippen LogP contribution in [0.15, 0.2) is 27.9 Å². The van der Waals surface area contributed by atoms with Gasteiger partial charge in [-0.1, -0.05) is 5.92 Å². The normalized spacial score (nSPS) is 15.3. The van der Waals surface area contributed by atoms with E-state index in [0.717, 1.165) is 17.4 Å². The summed E-state index contributed by atoms with van der Waals surface area (Å²) in [5.74, 6) is 5.70. The molecule has 0 radical (unpaired) electrons. The van der Waals surface area contributed by atoms with Crippen molar-refractivity contribution in [1.82, 2.24) is 29.0 Å². The molecule has 0 bridgehead atoms. The minimum atomic E-state index is -0.622. The number of imidazole rings is 1. The van der Waals surface area contributed by atoms with Crippen LogP contribution in [0.4, 0.5) is 10.7 Å². The number of nitrogens with zero attached hydrogens (tertiary/aromatic N) is 6. The maximum absolute atomic E-state index is 13.9. The van der Waals surface area contributed by atoms with E-state index in [1.165, 1.54) is 31.0 Å². The lowest BCUT2D eigenvalue weighted by Gasteiger charge is -2.34. The highest BCUT2D eigenvalue weighted by Gasteiger charge is 2.29. The van der Waals surface area contributed by atoms with Crippen LogP contribution in [0.5, 0.6) is 0 Å². The number of piperidine rings is 1. The number of alkyl carbamates (subject to hydrolysis) is 1. The summed E-state index contributed by atoms with van der Waals surface area (Å²) in [6.07, 6.45) is 2.50. The molecule has 0 unspecified atom stereocenters. The van der Waals surface area contributed by atoms with Crippen molar-refractivity contribution in [2.45, 2.75) is 65.3 Å². The van der Waals surface area contributed by atoms with E-state index in [4.69, 9.17) is 14.5 Å². The van der Waals surface area contributed by atoms with E-state index in [1.54, 1.807) is 38.3 Å². The molecule has 1 amide bonds. The third kappa shape index (κ3) is 6.26. The van der Waals surface area contributed by atoms with Crippen molar-refractivity contribution in [3.8, 4) is 11.8 Å². The van der Waals surface area contributed by atoms with Crippen molar-refractivity contribution in [2.75, 3.05) is 25.1 Å². The Morgan fingerprint density at radius 1 is 1.22 bits per heavy atom. The SMILES string of the molecule is CC#CCn1c(N2CCC[C@@H](NC(=O)OC(C)(C)C)C2)nc2c1c(=O)n(Cc1ncccc1C(=O)OC)c(=O)n2C. The predicted octanol–water partition coefficient (Wildman–Crippen LogP) is 1.64. The lowest BCUT2D eigenvalue weighted by molar-refractivity contribution is 0.0498. The molecule has 0 aliphatic carbocycles. The number of aryl methyl sites for hydroxylation is 1. The molecule has 0 saturated carbocycles. The van der Waals surface area contributed by atoms with E-state index in [0.29, 0.717) is 19.0 Å². The number of amides is 1. The minimum Gasteiger partial charge on any atom is -0.465 e. The standard InChI is InChI=1S/C28H35N7O6/c1-7-8-15-34-21-22(31-25(34)33-14-10-11-18(16-33)30-26(38)41-28(2,3)4)32(5)27(39)35(23(21)36)17-20-19(24(37)40-6)12-9-13-29-20/h9,12-13,18H,10-11,14-17H2,1-6H3,(H,30,38)/t18-/m1/s1. The van der Waals surface area contributed by atoms with Crippen LogP contribution >= 0.6 is 0 Å². The second-order valence-electron chi connectivity index (χ2n) is 10.8. The molecule has 41 heavy (non-hydrogen) atoms. The van der Waals surface area contributed by atoms with E-state index >= 15 is 0 Å². The van der Waals surface area contributed by atoms with Gasteiger partial charge in [0.05, 0.1) is 31.5 Å². The number of fused-ring (bicyclic) bond motifs is 1. The molecule has 218 valence electrons. The van der Waals surface area contributed by atoms with Crippen molar-refractivity contribution in [3.63, 3.8) is 0 Å². The van der Waals surface area contributed by atoms with Crippen LogP contribution in [0, 0.1) is 11.8 Å². The number of aromatic nitrogens is 5. The molecule has 4 heterocycles. The van der Waals surface area contributed by atoms with Gasteiger partial charge >= 0.3 is 17.8 Å². The monoisotopic (exact) mass is 565 g/mol. The number of ether oxygens (including phenoxy) is 2. The van der Waals surface area contributed by atoms with Gasteiger partial charge in [-0.2, -0.15) is 4.98 Å². The fraction of sp³-hybridized carbons (Fsp3) is 0.500. The summed E-state index contributed by atoms with van der Waals surface area (Å²) in [7, 11) is 2.79. The van der Waals surface area contributed by atoms with Gasteiger partial charge in [0, 0.05) is 32.4 Å². The smallest absolute Gasteiger partial charge is 0.407 e. The second-order valence-corrected chi connectivity index (χ2v) is 10.8. The molecule has 1 saturated heterocycles. The summed E-state index contributed by atoms with van der Waals surface area (Å²) in [6.45, 7) is 8.10. The van der Waals surface area contributed by atoms with Crippen LogP contribution in [0.2, 0.25) is 0 Å². The molecule has 13 nitrogen and oxygen atoms in total. The zero-order valence-corrected chi connectivity index (χ0v) is 24.2. The van der Waals surface area contributed by atoms with E-state index in [1.807, 2.05) is 4.90 Å². The lowest BCUT2D eigenvalue weighted by Crippen LogP contribution is -2.49. The molecule has 13 heteroatoms. The van der Waals surface area contributed by atoms with Gasteiger partial charge in [-0.25, -0.2) is 14.4 Å². The number of carbonyl (C=O) groups excluding carboxylic acids is 2. The number of carbonyl (C=O) groups is 2. The fourth-order valence-corrected chi connectivity index (χ4v) is 4.81. The molecule has 1 atom stereocenters. The first-order valence-corrected chi connectivity index (χ1v) is 13.3. The molecule has 4 rings (SSSR count). The van der Waals surface area contributed by atoms with Crippen LogP contribution in [0.3, 0.4) is 0 Å². The Morgan fingerprint density at radius 2 is 1.98 bits per heavy atom. The van der Waals surface area contributed by atoms with Gasteiger partial charge in [0.15, 0.2) is 11.2 Å². The van der Waals surface area contributed by atoms with E-state index < -0.39 is 28.9 Å². The topological polar surface area (TPSA) is 143 Å². The van der Waals surface area contributed by atoms with Crippen molar-refractivity contribution in [1.29, 1.82) is 0 Å². The zero-order chi connectivity index (χ0) is 29.9. The Balaban J connectivity index is 1.78. The van der Waals surface area contributed by atoms with Crippen molar-refractivity contribution < 1.29 is 19.1 Å². The first-order chi connectivity index (χ1) is 19.4. The van der Waals surface area contributed by atoms with E-state index in [9.17, 15) is 19.2 Å². The number of hydrogen-bond acceptors (Lipinski definition) is 9. The van der Waals surface area contributed by atoms with Crippen molar-refractivity contribution >= 4 is 29.2 Å². The Labute approximate surface area is 237 Å². The lowest BCUT2D eigenvalue weighted by atomic mass is 10.1. The van der Waals surface area contributed by atoms with E-state index in [-0.39, 0.29) is 41.6 Å². The van der Waals surface area contributed by atoms with Crippen LogP contribution in [0.25, 0.3) is 11.2 Å². The van der Waals surface area contributed by atoms with Crippen LogP contribution in [-0.2, 0) is 29.6 Å². The van der Waals surface area contributed by atoms with E-state index in [2.05, 4.69) is 22.1 Å². The molecule has 1 aliphatic heterocycles. The Hall–Kier alpha value is -4.60. The average molecular weight is 566 g/mol. The highest BCUT2D eigenvalue weighted by atomic mass is 16.6. The average Bonchev–Trinajstić information content (AvgIpc) is 3.31. The Bertz CT molecular complexity index is 1650. The van der Waals surface area contributed by atoms with Crippen LogP contribution in [-0.4, -0.2) is 67.6 Å². The molecular weight excluding hydrogens is 530 g/mol. The minimum absolute atomic E-state index is 0.159.